The Hall–Kier alpha value is -5.71. The van der Waals surface area contributed by atoms with Crippen LogP contribution in [-0.4, -0.2) is 31.6 Å². The maximum atomic E-state index is 15.3. The number of halogens is 8. The van der Waals surface area contributed by atoms with Crippen LogP contribution in [0.3, 0.4) is 0 Å². The van der Waals surface area contributed by atoms with Crippen molar-refractivity contribution in [3.05, 3.63) is 124 Å². The molecule has 1 unspecified atom stereocenters. The van der Waals surface area contributed by atoms with E-state index < -0.39 is 88.3 Å². The van der Waals surface area contributed by atoms with Gasteiger partial charge in [0, 0.05) is 28.7 Å². The van der Waals surface area contributed by atoms with E-state index in [4.69, 9.17) is 10.7 Å². The second-order valence-electron chi connectivity index (χ2n) is 13.1. The van der Waals surface area contributed by atoms with Gasteiger partial charge in [-0.3, -0.25) is 14.3 Å². The number of aromatic nitrogens is 4. The summed E-state index contributed by atoms with van der Waals surface area (Å²) in [5.74, 6) is -11.1. The average molecular weight is 769 g/mol. The van der Waals surface area contributed by atoms with Gasteiger partial charge in [0.25, 0.3) is 11.8 Å². The fraction of sp³-hybridized carbons (Fsp3) is 0.216. The molecule has 54 heavy (non-hydrogen) atoms. The highest BCUT2D eigenvalue weighted by atomic mass is 32.1. The van der Waals surface area contributed by atoms with Crippen LogP contribution in [0.4, 0.5) is 35.1 Å². The van der Waals surface area contributed by atoms with Crippen LogP contribution in [-0.2, 0) is 29.9 Å². The van der Waals surface area contributed by atoms with Crippen molar-refractivity contribution >= 4 is 33.5 Å². The predicted molar refractivity (Wildman–Crippen MR) is 180 cm³/mol. The Kier molecular flexibility index (Phi) is 8.31. The lowest BCUT2D eigenvalue weighted by Gasteiger charge is -2.23. The van der Waals surface area contributed by atoms with Crippen LogP contribution in [0.2, 0.25) is 0 Å². The van der Waals surface area contributed by atoms with Crippen LogP contribution in [0.15, 0.2) is 72.8 Å². The van der Waals surface area contributed by atoms with Crippen molar-refractivity contribution in [3.63, 3.8) is 0 Å². The number of nitrogens with two attached hydrogens (primary N) is 1. The normalized spacial score (nSPS) is 17.6. The fourth-order valence-corrected chi connectivity index (χ4v) is 8.06. The van der Waals surface area contributed by atoms with Crippen molar-refractivity contribution in [1.29, 1.82) is 0 Å². The minimum atomic E-state index is -5.07. The van der Waals surface area contributed by atoms with Crippen LogP contribution in [0.1, 0.15) is 56.9 Å². The quantitative estimate of drug-likeness (QED) is 0.145. The Morgan fingerprint density at radius 2 is 1.69 bits per heavy atom. The van der Waals surface area contributed by atoms with Gasteiger partial charge in [-0.1, -0.05) is 36.4 Å². The molecule has 2 aliphatic carbocycles. The smallest absolute Gasteiger partial charge is 0.366 e. The number of carbonyl (C=O) groups excluding carboxylic acids is 2. The molecule has 0 radical (unpaired) electrons. The Labute approximate surface area is 303 Å². The molecule has 0 aliphatic heterocycles. The van der Waals surface area contributed by atoms with Crippen LogP contribution >= 0.6 is 11.3 Å². The standard InChI is InChI=1S/C37H24F8N6O2S/c38-19-8-16(9-20(39)12-19)10-26(47-28(52)15-51-32-29(31(50-51)37(43,44)45)22-13-24(22)36(32,41)42)30-21(18-6-7-25(40)23(11-18)33(46)53)14-27-34(48-30)49-35(54-27)17-4-2-1-3-5-17/h1-9,11-12,14,22,24,26H,10,13,15H2,(H2,46,53)(H,47,52)/t22-,24+,26?/m0/s1. The predicted octanol–water partition coefficient (Wildman–Crippen LogP) is 8.07. The third-order valence-corrected chi connectivity index (χ3v) is 10.5. The second-order valence-corrected chi connectivity index (χ2v) is 14.2. The number of thiazole rings is 1. The molecule has 0 spiro atoms. The summed E-state index contributed by atoms with van der Waals surface area (Å²) in [6.07, 6.45) is -5.59. The number of primary amides is 1. The summed E-state index contributed by atoms with van der Waals surface area (Å²) in [7, 11) is 0. The zero-order valence-corrected chi connectivity index (χ0v) is 28.2. The number of carbonyl (C=O) groups is 2. The summed E-state index contributed by atoms with van der Waals surface area (Å²) in [6.45, 7) is -1.07. The number of hydrogen-bond donors (Lipinski definition) is 2. The number of nitrogens with zero attached hydrogens (tertiary/aromatic N) is 4. The molecule has 3 heterocycles. The first-order valence-electron chi connectivity index (χ1n) is 16.4. The van der Waals surface area contributed by atoms with Gasteiger partial charge < -0.3 is 11.1 Å². The van der Waals surface area contributed by atoms with Crippen LogP contribution in [0, 0.1) is 23.4 Å². The number of rotatable bonds is 9. The summed E-state index contributed by atoms with van der Waals surface area (Å²) in [5.41, 5.74) is 3.11. The Morgan fingerprint density at radius 3 is 2.37 bits per heavy atom. The van der Waals surface area contributed by atoms with E-state index in [-0.39, 0.29) is 40.9 Å². The molecule has 17 heteroatoms. The molecule has 1 saturated carbocycles. The third kappa shape index (κ3) is 6.25. The lowest BCUT2D eigenvalue weighted by molar-refractivity contribution is -0.142. The zero-order valence-electron chi connectivity index (χ0n) is 27.4. The first kappa shape index (κ1) is 35.3. The van der Waals surface area contributed by atoms with E-state index in [1.807, 2.05) is 18.2 Å². The number of fused-ring (bicyclic) bond motifs is 4. The molecule has 8 rings (SSSR count). The summed E-state index contributed by atoms with van der Waals surface area (Å²) < 4.78 is 117. The monoisotopic (exact) mass is 768 g/mol. The summed E-state index contributed by atoms with van der Waals surface area (Å²) >= 11 is 1.24. The molecule has 0 saturated heterocycles. The van der Waals surface area contributed by atoms with Crippen LogP contribution < -0.4 is 11.1 Å². The molecule has 3 aromatic carbocycles. The van der Waals surface area contributed by atoms with Gasteiger partial charge in [-0.2, -0.15) is 27.1 Å². The largest absolute Gasteiger partial charge is 0.435 e. The van der Waals surface area contributed by atoms with E-state index in [2.05, 4.69) is 15.4 Å². The topological polar surface area (TPSA) is 116 Å². The highest BCUT2D eigenvalue weighted by Gasteiger charge is 2.68. The Balaban J connectivity index is 1.26. The number of pyridine rings is 1. The molecule has 2 amide bonds. The maximum absolute atomic E-state index is 15.3. The van der Waals surface area contributed by atoms with Crippen molar-refractivity contribution in [2.24, 2.45) is 11.7 Å². The van der Waals surface area contributed by atoms with Gasteiger partial charge in [-0.05, 0) is 60.2 Å². The SMILES string of the molecule is NC(=O)c1cc(-c2cc3sc(-c4ccccc4)nc3nc2C(Cc2cc(F)cc(F)c2)NC(=O)Cn2nc(C(F)(F)F)c3c2C(F)(F)[C@@H]2C[C@H]32)ccc1F. The van der Waals surface area contributed by atoms with Gasteiger partial charge in [0.05, 0.1) is 22.0 Å². The molecular weight excluding hydrogens is 744 g/mol. The lowest BCUT2D eigenvalue weighted by Crippen LogP contribution is -2.35. The first-order chi connectivity index (χ1) is 25.6. The molecule has 3 N–H and O–H groups in total. The molecule has 3 atom stereocenters. The van der Waals surface area contributed by atoms with Crippen LogP contribution in [0.5, 0.6) is 0 Å². The fourth-order valence-electron chi connectivity index (χ4n) is 7.11. The highest BCUT2D eigenvalue weighted by Crippen LogP contribution is 2.68. The first-order valence-corrected chi connectivity index (χ1v) is 17.2. The summed E-state index contributed by atoms with van der Waals surface area (Å²) in [4.78, 5) is 35.3. The van der Waals surface area contributed by atoms with Crippen molar-refractivity contribution in [3.8, 4) is 21.7 Å². The highest BCUT2D eigenvalue weighted by molar-refractivity contribution is 7.21. The molecule has 276 valence electrons. The van der Waals surface area contributed by atoms with Crippen LogP contribution in [0.25, 0.3) is 32.0 Å². The van der Waals surface area contributed by atoms with E-state index >= 15 is 8.78 Å². The zero-order chi connectivity index (χ0) is 38.3. The number of nitrogens with one attached hydrogen (secondary N) is 1. The number of alkyl halides is 5. The molecular formula is C37H24F8N6O2S. The minimum absolute atomic E-state index is 0.0109. The molecule has 1 fully saturated rings. The van der Waals surface area contributed by atoms with Crippen molar-refractivity contribution in [2.75, 3.05) is 0 Å². The Morgan fingerprint density at radius 1 is 0.963 bits per heavy atom. The van der Waals surface area contributed by atoms with E-state index in [1.165, 1.54) is 17.4 Å². The van der Waals surface area contributed by atoms with Gasteiger partial charge in [0.1, 0.15) is 34.7 Å². The minimum Gasteiger partial charge on any atom is -0.366 e. The van der Waals surface area contributed by atoms with E-state index in [1.54, 1.807) is 18.2 Å². The lowest BCUT2D eigenvalue weighted by atomic mass is 9.94. The van der Waals surface area contributed by atoms with E-state index in [0.717, 1.165) is 29.8 Å². The van der Waals surface area contributed by atoms with Gasteiger partial charge in [0.15, 0.2) is 11.3 Å². The van der Waals surface area contributed by atoms with Gasteiger partial charge >= 0.3 is 6.18 Å². The summed E-state index contributed by atoms with van der Waals surface area (Å²) in [6, 6.07) is 15.3. The average Bonchev–Trinajstić information content (AvgIpc) is 3.55. The van der Waals surface area contributed by atoms with E-state index in [0.29, 0.717) is 20.5 Å². The number of hydrogen-bond acceptors (Lipinski definition) is 6. The van der Waals surface area contributed by atoms with Gasteiger partial charge in [-0.15, -0.1) is 11.3 Å². The number of amides is 2. The maximum Gasteiger partial charge on any atom is 0.435 e. The third-order valence-electron chi connectivity index (χ3n) is 9.50. The van der Waals surface area contributed by atoms with E-state index in [9.17, 15) is 35.9 Å². The molecule has 8 nitrogen and oxygen atoms in total. The molecule has 3 aromatic heterocycles. The molecule has 2 aliphatic rings. The Bertz CT molecular complexity index is 2480. The number of benzene rings is 3. The molecule has 6 aromatic rings. The second kappa shape index (κ2) is 12.7. The molecule has 0 bridgehead atoms. The van der Waals surface area contributed by atoms with Crippen molar-refractivity contribution in [2.45, 2.75) is 43.4 Å². The summed E-state index contributed by atoms with van der Waals surface area (Å²) in [5, 5.41) is 6.56. The van der Waals surface area contributed by atoms with Gasteiger partial charge in [-0.25, -0.2) is 23.1 Å². The van der Waals surface area contributed by atoms with Crippen molar-refractivity contribution < 1.29 is 44.7 Å². The van der Waals surface area contributed by atoms with Crippen molar-refractivity contribution in [1.82, 2.24) is 25.1 Å². The van der Waals surface area contributed by atoms with Gasteiger partial charge in [0.2, 0.25) is 5.91 Å².